The van der Waals surface area contributed by atoms with Crippen LogP contribution in [0.5, 0.6) is 0 Å². The van der Waals surface area contributed by atoms with Gasteiger partial charge in [0.15, 0.2) is 0 Å². The average molecular weight is 317 g/mol. The van der Waals surface area contributed by atoms with Crippen molar-refractivity contribution in [3.63, 3.8) is 0 Å². The van der Waals surface area contributed by atoms with Crippen molar-refractivity contribution in [2.75, 3.05) is 11.5 Å². The van der Waals surface area contributed by atoms with Gasteiger partial charge in [0.25, 0.3) is 0 Å². The Bertz CT molecular complexity index is 422. The molecule has 0 saturated carbocycles. The van der Waals surface area contributed by atoms with Crippen LogP contribution in [0.4, 0.5) is 26.3 Å². The van der Waals surface area contributed by atoms with E-state index in [2.05, 4.69) is 0 Å². The topological polar surface area (TPSA) is 26.0 Å². The summed E-state index contributed by atoms with van der Waals surface area (Å²) in [4.78, 5) is 0. The standard InChI is InChI=1S/C12H13F6NS/c1-2-20-6-10(19)7-3-8(11(13,14)15)5-9(4-7)12(16,17)18/h3-5,10H,2,6,19H2,1H3. The van der Waals surface area contributed by atoms with Crippen molar-refractivity contribution in [1.82, 2.24) is 0 Å². The van der Waals surface area contributed by atoms with Crippen molar-refractivity contribution in [1.29, 1.82) is 0 Å². The zero-order valence-electron chi connectivity index (χ0n) is 10.5. The normalized spacial score (nSPS) is 14.4. The molecule has 1 unspecified atom stereocenters. The lowest BCUT2D eigenvalue weighted by atomic mass is 10.0. The second-order valence-corrected chi connectivity index (χ2v) is 5.42. The molecular weight excluding hydrogens is 304 g/mol. The predicted octanol–water partition coefficient (Wildman–Crippen LogP) is 4.48. The van der Waals surface area contributed by atoms with Crippen molar-refractivity contribution in [3.05, 3.63) is 34.9 Å². The summed E-state index contributed by atoms with van der Waals surface area (Å²) in [5.74, 6) is 0.938. The van der Waals surface area contributed by atoms with E-state index in [0.717, 1.165) is 0 Å². The van der Waals surface area contributed by atoms with Crippen molar-refractivity contribution in [3.8, 4) is 0 Å². The zero-order valence-corrected chi connectivity index (χ0v) is 11.3. The number of thioether (sulfide) groups is 1. The van der Waals surface area contributed by atoms with Crippen LogP contribution in [0.1, 0.15) is 29.7 Å². The third-order valence-electron chi connectivity index (χ3n) is 2.54. The molecule has 1 nitrogen and oxygen atoms in total. The minimum Gasteiger partial charge on any atom is -0.323 e. The molecule has 0 heterocycles. The summed E-state index contributed by atoms with van der Waals surface area (Å²) < 4.78 is 75.8. The lowest BCUT2D eigenvalue weighted by Gasteiger charge is -2.17. The minimum absolute atomic E-state index is 0.100. The number of rotatable bonds is 4. The first-order valence-corrected chi connectivity index (χ1v) is 6.84. The zero-order chi connectivity index (χ0) is 15.6. The fraction of sp³-hybridized carbons (Fsp3) is 0.500. The van der Waals surface area contributed by atoms with E-state index in [9.17, 15) is 26.3 Å². The van der Waals surface area contributed by atoms with Gasteiger partial charge in [0.1, 0.15) is 0 Å². The number of benzene rings is 1. The summed E-state index contributed by atoms with van der Waals surface area (Å²) in [6.07, 6.45) is -9.68. The lowest BCUT2D eigenvalue weighted by molar-refractivity contribution is -0.143. The first-order valence-electron chi connectivity index (χ1n) is 5.68. The molecule has 0 aliphatic heterocycles. The van der Waals surface area contributed by atoms with E-state index >= 15 is 0 Å². The molecule has 1 atom stereocenters. The Morgan fingerprint density at radius 2 is 1.45 bits per heavy atom. The Labute approximate surface area is 116 Å². The second kappa shape index (κ2) is 6.26. The van der Waals surface area contributed by atoms with Gasteiger partial charge in [0.2, 0.25) is 0 Å². The highest BCUT2D eigenvalue weighted by molar-refractivity contribution is 7.99. The maximum atomic E-state index is 12.6. The lowest BCUT2D eigenvalue weighted by Crippen LogP contribution is -2.17. The van der Waals surface area contributed by atoms with Crippen LogP contribution in [0.25, 0.3) is 0 Å². The van der Waals surface area contributed by atoms with Gasteiger partial charge in [-0.1, -0.05) is 6.92 Å². The van der Waals surface area contributed by atoms with Crippen LogP contribution in [-0.4, -0.2) is 11.5 Å². The third kappa shape index (κ3) is 4.59. The van der Waals surface area contributed by atoms with Gasteiger partial charge in [-0.15, -0.1) is 0 Å². The molecule has 0 fully saturated rings. The molecular formula is C12H13F6NS. The van der Waals surface area contributed by atoms with Gasteiger partial charge in [-0.2, -0.15) is 38.1 Å². The molecule has 0 saturated heterocycles. The Morgan fingerprint density at radius 1 is 1.00 bits per heavy atom. The molecule has 114 valence electrons. The van der Waals surface area contributed by atoms with Gasteiger partial charge < -0.3 is 5.73 Å². The van der Waals surface area contributed by atoms with Crippen LogP contribution in [0.15, 0.2) is 18.2 Å². The summed E-state index contributed by atoms with van der Waals surface area (Å²) in [7, 11) is 0. The summed E-state index contributed by atoms with van der Waals surface area (Å²) >= 11 is 1.35. The van der Waals surface area contributed by atoms with Crippen LogP contribution < -0.4 is 5.73 Å². The largest absolute Gasteiger partial charge is 0.416 e. The molecule has 1 aromatic carbocycles. The first kappa shape index (κ1) is 17.2. The summed E-state index contributed by atoms with van der Waals surface area (Å²) in [5, 5.41) is 0. The first-order chi connectivity index (χ1) is 9.05. The Morgan fingerprint density at radius 3 is 1.80 bits per heavy atom. The van der Waals surface area contributed by atoms with Crippen LogP contribution in [0, 0.1) is 0 Å². The molecule has 8 heteroatoms. The summed E-state index contributed by atoms with van der Waals surface area (Å²) in [6, 6.07) is 0.582. The number of alkyl halides is 6. The molecule has 0 bridgehead atoms. The molecule has 20 heavy (non-hydrogen) atoms. The number of halogens is 6. The van der Waals surface area contributed by atoms with Crippen LogP contribution >= 0.6 is 11.8 Å². The van der Waals surface area contributed by atoms with Crippen LogP contribution in [-0.2, 0) is 12.4 Å². The molecule has 0 aliphatic rings. The van der Waals surface area contributed by atoms with E-state index in [1.54, 1.807) is 0 Å². The summed E-state index contributed by atoms with van der Waals surface area (Å²) in [6.45, 7) is 1.82. The number of hydrogen-bond donors (Lipinski definition) is 1. The van der Waals surface area contributed by atoms with E-state index in [1.807, 2.05) is 6.92 Å². The monoisotopic (exact) mass is 317 g/mol. The highest BCUT2D eigenvalue weighted by Crippen LogP contribution is 2.37. The maximum absolute atomic E-state index is 12.6. The van der Waals surface area contributed by atoms with Crippen LogP contribution in [0.2, 0.25) is 0 Å². The third-order valence-corrected chi connectivity index (χ3v) is 3.54. The van der Waals surface area contributed by atoms with Gasteiger partial charge in [-0.05, 0) is 29.5 Å². The van der Waals surface area contributed by atoms with E-state index < -0.39 is 29.5 Å². The molecule has 1 rings (SSSR count). The van der Waals surface area contributed by atoms with E-state index in [4.69, 9.17) is 5.73 Å². The SMILES string of the molecule is CCSCC(N)c1cc(C(F)(F)F)cc(C(F)(F)F)c1. The molecule has 0 spiro atoms. The molecule has 0 radical (unpaired) electrons. The summed E-state index contributed by atoms with van der Waals surface area (Å²) in [5.41, 5.74) is 2.82. The van der Waals surface area contributed by atoms with E-state index in [-0.39, 0.29) is 17.4 Å². The smallest absolute Gasteiger partial charge is 0.323 e. The second-order valence-electron chi connectivity index (χ2n) is 4.11. The van der Waals surface area contributed by atoms with Crippen molar-refractivity contribution in [2.45, 2.75) is 25.3 Å². The highest BCUT2D eigenvalue weighted by atomic mass is 32.2. The van der Waals surface area contributed by atoms with Crippen molar-refractivity contribution >= 4 is 11.8 Å². The molecule has 0 aliphatic carbocycles. The van der Waals surface area contributed by atoms with Gasteiger partial charge >= 0.3 is 12.4 Å². The average Bonchev–Trinajstić information content (AvgIpc) is 2.33. The predicted molar refractivity (Wildman–Crippen MR) is 66.4 cm³/mol. The van der Waals surface area contributed by atoms with Crippen molar-refractivity contribution < 1.29 is 26.3 Å². The molecule has 1 aromatic rings. The van der Waals surface area contributed by atoms with Gasteiger partial charge in [-0.3, -0.25) is 0 Å². The van der Waals surface area contributed by atoms with Gasteiger partial charge in [-0.25, -0.2) is 0 Å². The highest BCUT2D eigenvalue weighted by Gasteiger charge is 2.37. The van der Waals surface area contributed by atoms with Crippen LogP contribution in [0.3, 0.4) is 0 Å². The molecule has 0 aromatic heterocycles. The van der Waals surface area contributed by atoms with Gasteiger partial charge in [0, 0.05) is 11.8 Å². The quantitative estimate of drug-likeness (QED) is 0.829. The fourth-order valence-corrected chi connectivity index (χ4v) is 2.22. The maximum Gasteiger partial charge on any atom is 0.416 e. The van der Waals surface area contributed by atoms with Crippen molar-refractivity contribution in [2.24, 2.45) is 5.73 Å². The van der Waals surface area contributed by atoms with Gasteiger partial charge in [0.05, 0.1) is 11.1 Å². The fourth-order valence-electron chi connectivity index (χ4n) is 1.53. The molecule has 2 N–H and O–H groups in total. The number of hydrogen-bond acceptors (Lipinski definition) is 2. The Kier molecular flexibility index (Phi) is 5.37. The minimum atomic E-state index is -4.84. The number of nitrogens with two attached hydrogens (primary N) is 1. The van der Waals surface area contributed by atoms with E-state index in [1.165, 1.54) is 11.8 Å². The molecule has 0 amide bonds. The Balaban J connectivity index is 3.24. The Hall–Kier alpha value is -0.890. The van der Waals surface area contributed by atoms with E-state index in [0.29, 0.717) is 17.9 Å².